The molecule has 1 aliphatic heterocycles. The van der Waals surface area contributed by atoms with E-state index < -0.39 is 0 Å². The number of hydrogen-bond acceptors (Lipinski definition) is 3. The van der Waals surface area contributed by atoms with Gasteiger partial charge in [0, 0.05) is 39.5 Å². The normalized spacial score (nSPS) is 27.0. The molecule has 1 saturated heterocycles. The minimum Gasteiger partial charge on any atom is -0.382 e. The highest BCUT2D eigenvalue weighted by atomic mass is 16.5. The van der Waals surface area contributed by atoms with Gasteiger partial charge in [-0.3, -0.25) is 4.99 Å². The molecule has 1 saturated carbocycles. The maximum atomic E-state index is 5.83. The molecule has 2 N–H and O–H groups in total. The van der Waals surface area contributed by atoms with Crippen LogP contribution in [0.3, 0.4) is 0 Å². The Bertz CT molecular complexity index is 361. The van der Waals surface area contributed by atoms with Crippen molar-refractivity contribution in [2.75, 3.05) is 39.5 Å². The molecule has 5 nitrogen and oxygen atoms in total. The van der Waals surface area contributed by atoms with Crippen LogP contribution in [0.25, 0.3) is 0 Å². The molecule has 0 bridgehead atoms. The number of nitrogens with zero attached hydrogens (tertiary/aromatic N) is 1. The molecule has 1 atom stereocenters. The summed E-state index contributed by atoms with van der Waals surface area (Å²) in [5, 5.41) is 6.80. The van der Waals surface area contributed by atoms with Crippen LogP contribution in [-0.2, 0) is 9.47 Å². The fourth-order valence-electron chi connectivity index (χ4n) is 2.93. The Morgan fingerprint density at radius 3 is 2.64 bits per heavy atom. The van der Waals surface area contributed by atoms with E-state index in [1.54, 1.807) is 0 Å². The Morgan fingerprint density at radius 1 is 1.23 bits per heavy atom. The van der Waals surface area contributed by atoms with Crippen molar-refractivity contribution in [1.82, 2.24) is 10.6 Å². The van der Waals surface area contributed by atoms with Crippen molar-refractivity contribution in [3.05, 3.63) is 0 Å². The maximum absolute atomic E-state index is 5.83. The average molecular weight is 311 g/mol. The van der Waals surface area contributed by atoms with Gasteiger partial charge in [0.2, 0.25) is 0 Å². The van der Waals surface area contributed by atoms with Gasteiger partial charge in [0.05, 0.1) is 5.60 Å². The SMILES string of the molecule is CCNC(=NCC1(CCOCC)CC1)NCC1(C)CCCO1. The molecule has 0 radical (unpaired) electrons. The molecule has 1 heterocycles. The summed E-state index contributed by atoms with van der Waals surface area (Å²) < 4.78 is 11.3. The Kier molecular flexibility index (Phi) is 6.50. The topological polar surface area (TPSA) is 54.9 Å². The number of hydrogen-bond donors (Lipinski definition) is 2. The van der Waals surface area contributed by atoms with Crippen molar-refractivity contribution in [3.63, 3.8) is 0 Å². The lowest BCUT2D eigenvalue weighted by molar-refractivity contribution is 0.0242. The van der Waals surface area contributed by atoms with Gasteiger partial charge in [-0.25, -0.2) is 0 Å². The number of ether oxygens (including phenoxy) is 2. The summed E-state index contributed by atoms with van der Waals surface area (Å²) in [6, 6.07) is 0. The second-order valence-corrected chi connectivity index (χ2v) is 6.90. The van der Waals surface area contributed by atoms with Gasteiger partial charge in [-0.05, 0) is 58.3 Å². The first-order chi connectivity index (χ1) is 10.6. The summed E-state index contributed by atoms with van der Waals surface area (Å²) in [5.74, 6) is 0.918. The zero-order valence-corrected chi connectivity index (χ0v) is 14.5. The zero-order chi connectivity index (χ0) is 15.9. The molecule has 0 spiro atoms. The lowest BCUT2D eigenvalue weighted by Gasteiger charge is -2.25. The van der Waals surface area contributed by atoms with E-state index in [4.69, 9.17) is 14.5 Å². The van der Waals surface area contributed by atoms with E-state index in [0.717, 1.165) is 64.7 Å². The molecule has 2 rings (SSSR count). The molecule has 1 aliphatic carbocycles. The van der Waals surface area contributed by atoms with Gasteiger partial charge < -0.3 is 20.1 Å². The minimum atomic E-state index is -0.0393. The fraction of sp³-hybridized carbons (Fsp3) is 0.941. The van der Waals surface area contributed by atoms with E-state index in [1.165, 1.54) is 12.8 Å². The number of guanidine groups is 1. The summed E-state index contributed by atoms with van der Waals surface area (Å²) in [7, 11) is 0. The van der Waals surface area contributed by atoms with Crippen molar-refractivity contribution < 1.29 is 9.47 Å². The smallest absolute Gasteiger partial charge is 0.191 e. The summed E-state index contributed by atoms with van der Waals surface area (Å²) in [4.78, 5) is 4.80. The van der Waals surface area contributed by atoms with Crippen LogP contribution in [0.4, 0.5) is 0 Å². The van der Waals surface area contributed by atoms with E-state index in [0.29, 0.717) is 5.41 Å². The van der Waals surface area contributed by atoms with Gasteiger partial charge in [0.15, 0.2) is 5.96 Å². The predicted octanol–water partition coefficient (Wildman–Crippen LogP) is 2.32. The van der Waals surface area contributed by atoms with Crippen molar-refractivity contribution in [2.45, 2.75) is 58.5 Å². The maximum Gasteiger partial charge on any atom is 0.191 e. The number of rotatable bonds is 9. The minimum absolute atomic E-state index is 0.0393. The highest BCUT2D eigenvalue weighted by molar-refractivity contribution is 5.79. The molecule has 0 aromatic carbocycles. The van der Waals surface area contributed by atoms with Crippen molar-refractivity contribution in [1.29, 1.82) is 0 Å². The largest absolute Gasteiger partial charge is 0.382 e. The van der Waals surface area contributed by atoms with Crippen LogP contribution in [-0.4, -0.2) is 51.0 Å². The van der Waals surface area contributed by atoms with Crippen LogP contribution in [0, 0.1) is 5.41 Å². The molecule has 22 heavy (non-hydrogen) atoms. The first-order valence-corrected chi connectivity index (χ1v) is 8.85. The van der Waals surface area contributed by atoms with E-state index in [1.807, 2.05) is 0 Å². The molecule has 2 fully saturated rings. The predicted molar refractivity (Wildman–Crippen MR) is 90.3 cm³/mol. The van der Waals surface area contributed by atoms with E-state index in [2.05, 4.69) is 31.4 Å². The van der Waals surface area contributed by atoms with Crippen LogP contribution in [0.15, 0.2) is 4.99 Å². The second kappa shape index (κ2) is 8.16. The van der Waals surface area contributed by atoms with Crippen molar-refractivity contribution in [2.24, 2.45) is 10.4 Å². The Morgan fingerprint density at radius 2 is 2.05 bits per heavy atom. The summed E-state index contributed by atoms with van der Waals surface area (Å²) >= 11 is 0. The first kappa shape index (κ1) is 17.5. The highest BCUT2D eigenvalue weighted by Gasteiger charge is 2.42. The summed E-state index contributed by atoms with van der Waals surface area (Å²) in [6.07, 6.45) is 5.97. The van der Waals surface area contributed by atoms with Crippen molar-refractivity contribution >= 4 is 5.96 Å². The van der Waals surface area contributed by atoms with Gasteiger partial charge in [-0.2, -0.15) is 0 Å². The number of aliphatic imine (C=N–C) groups is 1. The summed E-state index contributed by atoms with van der Waals surface area (Å²) in [5.41, 5.74) is 0.355. The third kappa shape index (κ3) is 5.43. The quantitative estimate of drug-likeness (QED) is 0.390. The fourth-order valence-corrected chi connectivity index (χ4v) is 2.93. The number of nitrogens with one attached hydrogen (secondary N) is 2. The molecule has 5 heteroatoms. The monoisotopic (exact) mass is 311 g/mol. The lowest BCUT2D eigenvalue weighted by atomic mass is 10.0. The molecule has 1 unspecified atom stereocenters. The molecule has 2 aliphatic rings. The second-order valence-electron chi connectivity index (χ2n) is 6.90. The molecular formula is C17H33N3O2. The molecule has 0 aromatic heterocycles. The Labute approximate surface area is 135 Å². The highest BCUT2D eigenvalue weighted by Crippen LogP contribution is 2.49. The third-order valence-corrected chi connectivity index (χ3v) is 4.79. The van der Waals surface area contributed by atoms with Gasteiger partial charge in [-0.1, -0.05) is 0 Å². The molecule has 0 amide bonds. The van der Waals surface area contributed by atoms with Gasteiger partial charge >= 0.3 is 0 Å². The summed E-state index contributed by atoms with van der Waals surface area (Å²) in [6.45, 7) is 11.5. The van der Waals surface area contributed by atoms with Crippen LogP contribution < -0.4 is 10.6 Å². The standard InChI is InChI=1S/C17H33N3O2/c1-4-18-15(19-13-16(3)7-6-11-22-16)20-14-17(8-9-17)10-12-21-5-2/h4-14H2,1-3H3,(H2,18,19,20). The van der Waals surface area contributed by atoms with Gasteiger partial charge in [-0.15, -0.1) is 0 Å². The van der Waals surface area contributed by atoms with E-state index in [-0.39, 0.29) is 5.60 Å². The average Bonchev–Trinajstić information content (AvgIpc) is 3.15. The molecule has 0 aromatic rings. The van der Waals surface area contributed by atoms with Crippen LogP contribution in [0.2, 0.25) is 0 Å². The zero-order valence-electron chi connectivity index (χ0n) is 14.5. The third-order valence-electron chi connectivity index (χ3n) is 4.79. The van der Waals surface area contributed by atoms with E-state index in [9.17, 15) is 0 Å². The van der Waals surface area contributed by atoms with Gasteiger partial charge in [0.1, 0.15) is 0 Å². The Hall–Kier alpha value is -0.810. The molecular weight excluding hydrogens is 278 g/mol. The first-order valence-electron chi connectivity index (χ1n) is 8.85. The van der Waals surface area contributed by atoms with Crippen LogP contribution in [0.5, 0.6) is 0 Å². The lowest BCUT2D eigenvalue weighted by Crippen LogP contribution is -2.45. The van der Waals surface area contributed by atoms with Crippen LogP contribution in [0.1, 0.15) is 52.9 Å². The van der Waals surface area contributed by atoms with Crippen LogP contribution >= 0.6 is 0 Å². The van der Waals surface area contributed by atoms with E-state index >= 15 is 0 Å². The van der Waals surface area contributed by atoms with Crippen molar-refractivity contribution in [3.8, 4) is 0 Å². The molecule has 128 valence electrons. The Balaban J connectivity index is 1.79. The van der Waals surface area contributed by atoms with Gasteiger partial charge in [0.25, 0.3) is 0 Å².